The second-order valence-corrected chi connectivity index (χ2v) is 5.28. The van der Waals surface area contributed by atoms with Crippen molar-refractivity contribution in [3.05, 3.63) is 58.1 Å². The third-order valence-electron chi connectivity index (χ3n) is 2.77. The summed E-state index contributed by atoms with van der Waals surface area (Å²) in [6, 6.07) is 11.5. The molecule has 0 bridgehead atoms. The number of aromatic hydroxyl groups is 1. The number of benzene rings is 2. The molecule has 2 aromatic carbocycles. The summed E-state index contributed by atoms with van der Waals surface area (Å²) in [6.07, 6.45) is 1.52. The lowest BCUT2D eigenvalue weighted by Gasteiger charge is -2.07. The maximum Gasteiger partial charge on any atom is 0.271 e. The zero-order valence-electron chi connectivity index (χ0n) is 11.9. The SMILES string of the molecule is CCOc1ccc(Br)cc1/C=N/NC(=O)c1ccc(O)cc1. The fourth-order valence-electron chi connectivity index (χ4n) is 1.74. The zero-order valence-corrected chi connectivity index (χ0v) is 13.5. The van der Waals surface area contributed by atoms with Crippen LogP contribution in [0.15, 0.2) is 52.0 Å². The number of rotatable bonds is 5. The molecular weight excluding hydrogens is 348 g/mol. The van der Waals surface area contributed by atoms with E-state index in [-0.39, 0.29) is 11.7 Å². The van der Waals surface area contributed by atoms with Gasteiger partial charge in [-0.2, -0.15) is 5.10 Å². The highest BCUT2D eigenvalue weighted by Crippen LogP contribution is 2.21. The van der Waals surface area contributed by atoms with Crippen LogP contribution >= 0.6 is 15.9 Å². The number of nitrogens with one attached hydrogen (secondary N) is 1. The van der Waals surface area contributed by atoms with Gasteiger partial charge in [-0.05, 0) is 49.4 Å². The lowest BCUT2D eigenvalue weighted by atomic mass is 10.2. The number of hydrogen-bond acceptors (Lipinski definition) is 4. The van der Waals surface area contributed by atoms with Crippen molar-refractivity contribution in [2.45, 2.75) is 6.92 Å². The van der Waals surface area contributed by atoms with Crippen molar-refractivity contribution in [1.82, 2.24) is 5.43 Å². The van der Waals surface area contributed by atoms with Gasteiger partial charge in [0.2, 0.25) is 0 Å². The van der Waals surface area contributed by atoms with Crippen LogP contribution in [0.3, 0.4) is 0 Å². The van der Waals surface area contributed by atoms with Gasteiger partial charge in [-0.3, -0.25) is 4.79 Å². The van der Waals surface area contributed by atoms with Crippen molar-refractivity contribution >= 4 is 28.1 Å². The Balaban J connectivity index is 2.07. The van der Waals surface area contributed by atoms with E-state index in [1.54, 1.807) is 0 Å². The van der Waals surface area contributed by atoms with Gasteiger partial charge in [0.1, 0.15) is 11.5 Å². The molecule has 0 heterocycles. The number of halogens is 1. The Morgan fingerprint density at radius 2 is 2.05 bits per heavy atom. The molecule has 0 aliphatic carbocycles. The van der Waals surface area contributed by atoms with Gasteiger partial charge in [-0.25, -0.2) is 5.43 Å². The lowest BCUT2D eigenvalue weighted by molar-refractivity contribution is 0.0955. The lowest BCUT2D eigenvalue weighted by Crippen LogP contribution is -2.17. The Bertz CT molecular complexity index is 684. The largest absolute Gasteiger partial charge is 0.508 e. The molecule has 114 valence electrons. The van der Waals surface area contributed by atoms with Crippen LogP contribution < -0.4 is 10.2 Å². The molecule has 2 N–H and O–H groups in total. The molecule has 1 amide bonds. The molecule has 22 heavy (non-hydrogen) atoms. The summed E-state index contributed by atoms with van der Waals surface area (Å²) in [5.41, 5.74) is 3.60. The van der Waals surface area contributed by atoms with Gasteiger partial charge >= 0.3 is 0 Å². The van der Waals surface area contributed by atoms with Crippen LogP contribution in [0, 0.1) is 0 Å². The van der Waals surface area contributed by atoms with E-state index in [0.717, 1.165) is 10.0 Å². The summed E-state index contributed by atoms with van der Waals surface area (Å²) in [5.74, 6) is 0.438. The molecule has 0 aliphatic rings. The van der Waals surface area contributed by atoms with Crippen LogP contribution in [0.5, 0.6) is 11.5 Å². The number of amides is 1. The van der Waals surface area contributed by atoms with E-state index in [1.165, 1.54) is 30.5 Å². The van der Waals surface area contributed by atoms with Gasteiger partial charge in [0.25, 0.3) is 5.91 Å². The number of ether oxygens (including phenoxy) is 1. The van der Waals surface area contributed by atoms with Crippen LogP contribution in [-0.4, -0.2) is 23.8 Å². The van der Waals surface area contributed by atoms with Gasteiger partial charge in [0, 0.05) is 15.6 Å². The number of hydrazone groups is 1. The fourth-order valence-corrected chi connectivity index (χ4v) is 2.12. The second-order valence-electron chi connectivity index (χ2n) is 4.36. The summed E-state index contributed by atoms with van der Waals surface area (Å²) in [5, 5.41) is 13.1. The van der Waals surface area contributed by atoms with Crippen molar-refractivity contribution in [2.75, 3.05) is 6.61 Å². The summed E-state index contributed by atoms with van der Waals surface area (Å²) < 4.78 is 6.39. The third-order valence-corrected chi connectivity index (χ3v) is 3.26. The highest BCUT2D eigenvalue weighted by atomic mass is 79.9. The van der Waals surface area contributed by atoms with Crippen molar-refractivity contribution in [3.8, 4) is 11.5 Å². The van der Waals surface area contributed by atoms with Crippen LogP contribution in [0.1, 0.15) is 22.8 Å². The topological polar surface area (TPSA) is 70.9 Å². The zero-order chi connectivity index (χ0) is 15.9. The monoisotopic (exact) mass is 362 g/mol. The van der Waals surface area contributed by atoms with Gasteiger partial charge in [-0.1, -0.05) is 15.9 Å². The average molecular weight is 363 g/mol. The van der Waals surface area contributed by atoms with E-state index in [4.69, 9.17) is 4.74 Å². The van der Waals surface area contributed by atoms with E-state index in [1.807, 2.05) is 25.1 Å². The van der Waals surface area contributed by atoms with Gasteiger partial charge < -0.3 is 9.84 Å². The predicted octanol–water partition coefficient (Wildman–Crippen LogP) is 3.32. The third kappa shape index (κ3) is 4.33. The first-order chi connectivity index (χ1) is 10.6. The first-order valence-corrected chi connectivity index (χ1v) is 7.44. The molecule has 0 aromatic heterocycles. The highest BCUT2D eigenvalue weighted by molar-refractivity contribution is 9.10. The van der Waals surface area contributed by atoms with Crippen LogP contribution in [-0.2, 0) is 0 Å². The van der Waals surface area contributed by atoms with Gasteiger partial charge in [0.05, 0.1) is 12.8 Å². The number of phenols is 1. The molecule has 0 aliphatic heterocycles. The smallest absolute Gasteiger partial charge is 0.271 e. The molecule has 0 saturated heterocycles. The van der Waals surface area contributed by atoms with Gasteiger partial charge in [0.15, 0.2) is 0 Å². The van der Waals surface area contributed by atoms with Crippen LogP contribution in [0.25, 0.3) is 0 Å². The maximum atomic E-state index is 11.9. The van der Waals surface area contributed by atoms with Crippen molar-refractivity contribution < 1.29 is 14.6 Å². The predicted molar refractivity (Wildman–Crippen MR) is 88.5 cm³/mol. The second kappa shape index (κ2) is 7.61. The standard InChI is InChI=1S/C16H15BrN2O3/c1-2-22-15-8-5-13(17)9-12(15)10-18-19-16(21)11-3-6-14(20)7-4-11/h3-10,20H,2H2,1H3,(H,19,21)/b18-10+. The maximum absolute atomic E-state index is 11.9. The van der Waals surface area contributed by atoms with E-state index in [9.17, 15) is 9.90 Å². The minimum absolute atomic E-state index is 0.107. The first-order valence-electron chi connectivity index (χ1n) is 6.65. The summed E-state index contributed by atoms with van der Waals surface area (Å²) in [7, 11) is 0. The summed E-state index contributed by atoms with van der Waals surface area (Å²) in [6.45, 7) is 2.44. The number of nitrogens with zero attached hydrogens (tertiary/aromatic N) is 1. The quantitative estimate of drug-likeness (QED) is 0.633. The molecule has 0 spiro atoms. The molecule has 5 nitrogen and oxygen atoms in total. The number of carbonyl (C=O) groups excluding carboxylic acids is 1. The minimum atomic E-state index is -0.357. The molecule has 0 radical (unpaired) electrons. The van der Waals surface area contributed by atoms with E-state index in [0.29, 0.717) is 17.9 Å². The highest BCUT2D eigenvalue weighted by Gasteiger charge is 2.05. The van der Waals surface area contributed by atoms with Crippen molar-refractivity contribution in [2.24, 2.45) is 5.10 Å². The van der Waals surface area contributed by atoms with Crippen molar-refractivity contribution in [3.63, 3.8) is 0 Å². The molecule has 0 unspecified atom stereocenters. The molecule has 0 atom stereocenters. The van der Waals surface area contributed by atoms with E-state index < -0.39 is 0 Å². The number of hydrogen-bond donors (Lipinski definition) is 2. The first kappa shape index (κ1) is 16.0. The fraction of sp³-hybridized carbons (Fsp3) is 0.125. The average Bonchev–Trinajstić information content (AvgIpc) is 2.50. The number of phenolic OH excluding ortho intramolecular Hbond substituents is 1. The Hall–Kier alpha value is -2.34. The van der Waals surface area contributed by atoms with Gasteiger partial charge in [-0.15, -0.1) is 0 Å². The Morgan fingerprint density at radius 3 is 2.73 bits per heavy atom. The van der Waals surface area contributed by atoms with E-state index in [2.05, 4.69) is 26.5 Å². The normalized spacial score (nSPS) is 10.6. The molecule has 0 saturated carbocycles. The van der Waals surface area contributed by atoms with E-state index >= 15 is 0 Å². The van der Waals surface area contributed by atoms with Crippen molar-refractivity contribution in [1.29, 1.82) is 0 Å². The molecule has 2 aromatic rings. The molecule has 6 heteroatoms. The minimum Gasteiger partial charge on any atom is -0.508 e. The Kier molecular flexibility index (Phi) is 5.55. The Labute approximate surface area is 136 Å². The Morgan fingerprint density at radius 1 is 1.32 bits per heavy atom. The summed E-state index contributed by atoms with van der Waals surface area (Å²) >= 11 is 3.38. The molecule has 0 fully saturated rings. The molecule has 2 rings (SSSR count). The molecular formula is C16H15BrN2O3. The number of carbonyl (C=O) groups is 1. The summed E-state index contributed by atoms with van der Waals surface area (Å²) in [4.78, 5) is 11.9. The van der Waals surface area contributed by atoms with Crippen LogP contribution in [0.2, 0.25) is 0 Å². The van der Waals surface area contributed by atoms with Crippen LogP contribution in [0.4, 0.5) is 0 Å².